The van der Waals surface area contributed by atoms with E-state index in [0.29, 0.717) is 0 Å². The van der Waals surface area contributed by atoms with Crippen LogP contribution in [0.2, 0.25) is 19.1 Å². The van der Waals surface area contributed by atoms with Crippen molar-refractivity contribution >= 4 is 14.0 Å². The van der Waals surface area contributed by atoms with Gasteiger partial charge in [0.1, 0.15) is 14.5 Å². The van der Waals surface area contributed by atoms with Crippen LogP contribution in [0.5, 0.6) is 0 Å². The minimum absolute atomic E-state index is 0.233. The van der Waals surface area contributed by atoms with Gasteiger partial charge in [0.2, 0.25) is 0 Å². The molecule has 0 radical (unpaired) electrons. The van der Waals surface area contributed by atoms with E-state index < -0.39 is 8.07 Å². The Balaban J connectivity index is 3.88. The third kappa shape index (κ3) is 8.55. The van der Waals surface area contributed by atoms with Crippen LogP contribution in [0.15, 0.2) is 0 Å². The first kappa shape index (κ1) is 15.2. The molecule has 16 heavy (non-hydrogen) atoms. The van der Waals surface area contributed by atoms with Crippen molar-refractivity contribution in [3.63, 3.8) is 0 Å². The molecular formula is C13H24O2Si. The molecule has 0 amide bonds. The van der Waals surface area contributed by atoms with E-state index in [4.69, 9.17) is 0 Å². The molecule has 0 heterocycles. The SMILES string of the molecule is CCCCCC[Si](C)(C)C#CCC(=O)OC. The average molecular weight is 240 g/mol. The van der Waals surface area contributed by atoms with Gasteiger partial charge in [-0.1, -0.05) is 51.6 Å². The number of rotatable bonds is 6. The zero-order valence-electron chi connectivity index (χ0n) is 11.1. The smallest absolute Gasteiger partial charge is 0.317 e. The molecule has 0 rings (SSSR count). The van der Waals surface area contributed by atoms with Gasteiger partial charge in [0.25, 0.3) is 0 Å². The summed E-state index contributed by atoms with van der Waals surface area (Å²) in [6.07, 6.45) is 5.42. The van der Waals surface area contributed by atoms with E-state index in [-0.39, 0.29) is 12.4 Å². The van der Waals surface area contributed by atoms with Crippen molar-refractivity contribution in [2.45, 2.75) is 58.2 Å². The van der Waals surface area contributed by atoms with Crippen molar-refractivity contribution in [2.75, 3.05) is 7.11 Å². The molecule has 0 bridgehead atoms. The average Bonchev–Trinajstić information content (AvgIpc) is 2.24. The number of hydrogen-bond acceptors (Lipinski definition) is 2. The third-order valence-electron chi connectivity index (χ3n) is 2.54. The summed E-state index contributed by atoms with van der Waals surface area (Å²) < 4.78 is 4.55. The van der Waals surface area contributed by atoms with Crippen LogP contribution in [0.4, 0.5) is 0 Å². The Morgan fingerprint density at radius 1 is 1.25 bits per heavy atom. The number of unbranched alkanes of at least 4 members (excludes halogenated alkanes) is 3. The molecule has 0 aromatic rings. The summed E-state index contributed by atoms with van der Waals surface area (Å²) in [5.74, 6) is 2.72. The number of carbonyl (C=O) groups excluding carboxylic acids is 1. The van der Waals surface area contributed by atoms with E-state index in [1.165, 1.54) is 38.8 Å². The molecule has 0 unspecified atom stereocenters. The van der Waals surface area contributed by atoms with Crippen LogP contribution in [0.3, 0.4) is 0 Å². The number of carbonyl (C=O) groups is 1. The highest BCUT2D eigenvalue weighted by atomic mass is 28.3. The summed E-state index contributed by atoms with van der Waals surface area (Å²) in [7, 11) is -0.00166. The van der Waals surface area contributed by atoms with E-state index in [1.54, 1.807) is 0 Å². The van der Waals surface area contributed by atoms with E-state index in [9.17, 15) is 4.79 Å². The highest BCUT2D eigenvalue weighted by molar-refractivity contribution is 6.85. The lowest BCUT2D eigenvalue weighted by molar-refractivity contribution is -0.139. The summed E-state index contributed by atoms with van der Waals surface area (Å²) in [6, 6.07) is 1.24. The Morgan fingerprint density at radius 2 is 1.94 bits per heavy atom. The van der Waals surface area contributed by atoms with Gasteiger partial charge in [-0.3, -0.25) is 4.79 Å². The molecule has 0 aliphatic carbocycles. The number of ether oxygens (including phenoxy) is 1. The topological polar surface area (TPSA) is 26.3 Å². The molecule has 0 aromatic heterocycles. The molecule has 2 nitrogen and oxygen atoms in total. The standard InChI is InChI=1S/C13H24O2Si/c1-5-6-7-8-11-16(3,4)12-9-10-13(14)15-2/h5-8,10-11H2,1-4H3. The van der Waals surface area contributed by atoms with Gasteiger partial charge in [-0.05, 0) is 6.04 Å². The molecule has 0 aliphatic heterocycles. The Kier molecular flexibility index (Phi) is 8.01. The molecule has 0 atom stereocenters. The van der Waals surface area contributed by atoms with Crippen LogP contribution in [0, 0.1) is 11.5 Å². The first-order valence-corrected chi connectivity index (χ1v) is 9.29. The van der Waals surface area contributed by atoms with Crippen LogP contribution in [-0.4, -0.2) is 21.2 Å². The van der Waals surface area contributed by atoms with Gasteiger partial charge in [0.05, 0.1) is 7.11 Å². The lowest BCUT2D eigenvalue weighted by atomic mass is 10.2. The van der Waals surface area contributed by atoms with Gasteiger partial charge < -0.3 is 4.74 Å². The molecule has 3 heteroatoms. The second-order valence-corrected chi connectivity index (χ2v) is 9.27. The molecule has 0 fully saturated rings. The van der Waals surface area contributed by atoms with E-state index in [1.807, 2.05) is 0 Å². The molecule has 0 aliphatic rings. The fraction of sp³-hybridized carbons (Fsp3) is 0.769. The van der Waals surface area contributed by atoms with Gasteiger partial charge in [0, 0.05) is 0 Å². The van der Waals surface area contributed by atoms with Crippen LogP contribution >= 0.6 is 0 Å². The number of esters is 1. The van der Waals surface area contributed by atoms with Gasteiger partial charge in [-0.15, -0.1) is 5.54 Å². The normalized spacial score (nSPS) is 10.5. The molecule has 0 spiro atoms. The Labute approximate surface area is 101 Å². The second-order valence-electron chi connectivity index (χ2n) is 4.75. The molecular weight excluding hydrogens is 216 g/mol. The lowest BCUT2D eigenvalue weighted by Gasteiger charge is -2.13. The maximum Gasteiger partial charge on any atom is 0.317 e. The maximum atomic E-state index is 10.9. The third-order valence-corrected chi connectivity index (χ3v) is 5.00. The summed E-state index contributed by atoms with van der Waals surface area (Å²) in [5, 5.41) is 0. The van der Waals surface area contributed by atoms with Gasteiger partial charge >= 0.3 is 5.97 Å². The van der Waals surface area contributed by atoms with Crippen LogP contribution in [0.1, 0.15) is 39.0 Å². The quantitative estimate of drug-likeness (QED) is 0.308. The van der Waals surface area contributed by atoms with E-state index in [0.717, 1.165) is 0 Å². The highest BCUT2D eigenvalue weighted by Crippen LogP contribution is 2.14. The predicted octanol–water partition coefficient (Wildman–Crippen LogP) is 3.38. The Bertz CT molecular complexity index is 261. The molecule has 0 saturated heterocycles. The second kappa shape index (κ2) is 8.40. The number of hydrogen-bond donors (Lipinski definition) is 0. The Morgan fingerprint density at radius 3 is 2.50 bits per heavy atom. The van der Waals surface area contributed by atoms with Crippen molar-refractivity contribution in [3.05, 3.63) is 0 Å². The van der Waals surface area contributed by atoms with Gasteiger partial charge in [-0.2, -0.15) is 0 Å². The molecule has 0 N–H and O–H groups in total. The minimum Gasteiger partial charge on any atom is -0.468 e. The largest absolute Gasteiger partial charge is 0.468 e. The van der Waals surface area contributed by atoms with Crippen molar-refractivity contribution in [1.82, 2.24) is 0 Å². The van der Waals surface area contributed by atoms with Crippen LogP contribution in [-0.2, 0) is 9.53 Å². The monoisotopic (exact) mass is 240 g/mol. The van der Waals surface area contributed by atoms with Crippen molar-refractivity contribution in [2.24, 2.45) is 0 Å². The summed E-state index contributed by atoms with van der Waals surface area (Å²) in [6.45, 7) is 6.76. The summed E-state index contributed by atoms with van der Waals surface area (Å²) >= 11 is 0. The maximum absolute atomic E-state index is 10.9. The molecule has 0 aromatic carbocycles. The first-order chi connectivity index (χ1) is 7.52. The van der Waals surface area contributed by atoms with Crippen molar-refractivity contribution in [1.29, 1.82) is 0 Å². The van der Waals surface area contributed by atoms with Crippen molar-refractivity contribution in [3.8, 4) is 11.5 Å². The van der Waals surface area contributed by atoms with Gasteiger partial charge in [0.15, 0.2) is 0 Å². The number of methoxy groups -OCH3 is 1. The first-order valence-electron chi connectivity index (χ1n) is 6.08. The Hall–Kier alpha value is -0.753. The van der Waals surface area contributed by atoms with E-state index in [2.05, 4.69) is 36.2 Å². The summed E-state index contributed by atoms with van der Waals surface area (Å²) in [5.41, 5.74) is 3.29. The van der Waals surface area contributed by atoms with Crippen LogP contribution in [0.25, 0.3) is 0 Å². The fourth-order valence-electron chi connectivity index (χ4n) is 1.48. The zero-order chi connectivity index (χ0) is 12.4. The highest BCUT2D eigenvalue weighted by Gasteiger charge is 2.16. The summed E-state index contributed by atoms with van der Waals surface area (Å²) in [4.78, 5) is 10.9. The molecule has 92 valence electrons. The van der Waals surface area contributed by atoms with Crippen molar-refractivity contribution < 1.29 is 9.53 Å². The van der Waals surface area contributed by atoms with Crippen LogP contribution < -0.4 is 0 Å². The zero-order valence-corrected chi connectivity index (χ0v) is 12.1. The molecule has 0 saturated carbocycles. The lowest BCUT2D eigenvalue weighted by Crippen LogP contribution is -2.22. The van der Waals surface area contributed by atoms with Gasteiger partial charge in [-0.25, -0.2) is 0 Å². The predicted molar refractivity (Wildman–Crippen MR) is 70.8 cm³/mol. The fourth-order valence-corrected chi connectivity index (χ4v) is 3.31. The van der Waals surface area contributed by atoms with E-state index >= 15 is 0 Å². The minimum atomic E-state index is -1.40.